The Morgan fingerprint density at radius 2 is 1.90 bits per heavy atom. The van der Waals surface area contributed by atoms with Crippen LogP contribution in [0.2, 0.25) is 0 Å². The smallest absolute Gasteiger partial charge is 0.281 e. The summed E-state index contributed by atoms with van der Waals surface area (Å²) < 4.78 is 1.71. The Labute approximate surface area is 169 Å². The van der Waals surface area contributed by atoms with E-state index in [4.69, 9.17) is 6.57 Å². The predicted octanol–water partition coefficient (Wildman–Crippen LogP) is 4.04. The minimum atomic E-state index is -1.29. The summed E-state index contributed by atoms with van der Waals surface area (Å²) in [4.78, 5) is 19.7. The Balaban J connectivity index is 1.55. The zero-order valence-electron chi connectivity index (χ0n) is 15.4. The topological polar surface area (TPSA) is 102 Å². The standard InChI is InChI=1S/C21H12N8O/c1-22-20(19(30)17-8-4-5-11-23-17)26-24-13-9-10-16-18(12-13)29-21(27-25-16)14-6-2-3-7-15(14)28-29/h2-12,20H/b26-24+. The predicted molar refractivity (Wildman–Crippen MR) is 109 cm³/mol. The van der Waals surface area contributed by atoms with Gasteiger partial charge >= 0.3 is 6.17 Å². The molecule has 3 heterocycles. The molecule has 0 amide bonds. The highest BCUT2D eigenvalue weighted by molar-refractivity contribution is 5.99. The molecule has 0 bridgehead atoms. The molecule has 0 N–H and O–H groups in total. The largest absolute Gasteiger partial charge is 0.396 e. The van der Waals surface area contributed by atoms with E-state index in [1.807, 2.05) is 24.3 Å². The van der Waals surface area contributed by atoms with E-state index in [0.29, 0.717) is 22.4 Å². The fraction of sp³-hybridized carbons (Fsp3) is 0.0476. The van der Waals surface area contributed by atoms with Crippen LogP contribution in [0.4, 0.5) is 5.69 Å². The number of carbonyl (C=O) groups is 1. The number of hydrogen-bond acceptors (Lipinski definition) is 7. The summed E-state index contributed by atoms with van der Waals surface area (Å²) in [7, 11) is 0. The van der Waals surface area contributed by atoms with Crippen molar-refractivity contribution < 1.29 is 4.79 Å². The van der Waals surface area contributed by atoms with Gasteiger partial charge in [0.1, 0.15) is 11.2 Å². The van der Waals surface area contributed by atoms with Crippen LogP contribution in [0.25, 0.3) is 32.4 Å². The lowest BCUT2D eigenvalue weighted by molar-refractivity contribution is 0.0971. The van der Waals surface area contributed by atoms with Crippen molar-refractivity contribution in [3.8, 4) is 0 Å². The van der Waals surface area contributed by atoms with E-state index >= 15 is 0 Å². The van der Waals surface area contributed by atoms with Crippen LogP contribution in [0.15, 0.2) is 77.1 Å². The van der Waals surface area contributed by atoms with Gasteiger partial charge in [-0.3, -0.25) is 14.6 Å². The fourth-order valence-electron chi connectivity index (χ4n) is 3.11. The molecule has 30 heavy (non-hydrogen) atoms. The van der Waals surface area contributed by atoms with Gasteiger partial charge in [-0.15, -0.1) is 15.3 Å². The number of fused-ring (bicyclic) bond motifs is 5. The van der Waals surface area contributed by atoms with Crippen molar-refractivity contribution in [2.75, 3.05) is 0 Å². The lowest BCUT2D eigenvalue weighted by Gasteiger charge is -2.01. The maximum Gasteiger partial charge on any atom is 0.396 e. The fourth-order valence-corrected chi connectivity index (χ4v) is 3.11. The maximum absolute atomic E-state index is 12.4. The third-order valence-electron chi connectivity index (χ3n) is 4.55. The van der Waals surface area contributed by atoms with Crippen LogP contribution in [0, 0.1) is 6.57 Å². The highest BCUT2D eigenvalue weighted by Crippen LogP contribution is 2.24. The monoisotopic (exact) mass is 392 g/mol. The van der Waals surface area contributed by atoms with Crippen molar-refractivity contribution in [2.24, 2.45) is 10.2 Å². The number of benzene rings is 2. The molecule has 2 aromatic carbocycles. The van der Waals surface area contributed by atoms with Crippen LogP contribution < -0.4 is 0 Å². The Kier molecular flexibility index (Phi) is 4.15. The molecule has 1 unspecified atom stereocenters. The molecule has 3 aromatic heterocycles. The highest BCUT2D eigenvalue weighted by atomic mass is 16.1. The number of hydrogen-bond donors (Lipinski definition) is 0. The van der Waals surface area contributed by atoms with Gasteiger partial charge in [0, 0.05) is 11.6 Å². The molecular weight excluding hydrogens is 380 g/mol. The van der Waals surface area contributed by atoms with Crippen LogP contribution in [0.1, 0.15) is 10.5 Å². The van der Waals surface area contributed by atoms with Gasteiger partial charge in [0.05, 0.1) is 16.7 Å². The molecular formula is C21H12N8O. The molecule has 0 spiro atoms. The first-order chi connectivity index (χ1) is 14.7. The summed E-state index contributed by atoms with van der Waals surface area (Å²) in [5.41, 5.74) is 3.43. The Hall–Kier alpha value is -4.58. The van der Waals surface area contributed by atoms with Crippen LogP contribution in [-0.2, 0) is 0 Å². The molecule has 0 fully saturated rings. The second kappa shape index (κ2) is 7.10. The summed E-state index contributed by atoms with van der Waals surface area (Å²) in [5, 5.41) is 22.1. The van der Waals surface area contributed by atoms with Crippen molar-refractivity contribution in [3.63, 3.8) is 0 Å². The summed E-state index contributed by atoms with van der Waals surface area (Å²) in [6.45, 7) is 7.30. The number of carbonyl (C=O) groups excluding carboxylic acids is 1. The zero-order chi connectivity index (χ0) is 20.5. The van der Waals surface area contributed by atoms with Gasteiger partial charge in [-0.25, -0.2) is 11.1 Å². The Bertz CT molecular complexity index is 1480. The second-order valence-corrected chi connectivity index (χ2v) is 6.42. The van der Waals surface area contributed by atoms with Crippen molar-refractivity contribution in [1.82, 2.24) is 24.8 Å². The first kappa shape index (κ1) is 17.5. The number of nitrogens with zero attached hydrogens (tertiary/aromatic N) is 8. The third kappa shape index (κ3) is 2.93. The minimum absolute atomic E-state index is 0.177. The van der Waals surface area contributed by atoms with E-state index in [9.17, 15) is 4.79 Å². The van der Waals surface area contributed by atoms with Gasteiger partial charge in [-0.05, 0) is 42.5 Å². The average Bonchev–Trinajstić information content (AvgIpc) is 3.19. The first-order valence-electron chi connectivity index (χ1n) is 9.01. The normalized spacial score (nSPS) is 12.5. The summed E-state index contributed by atoms with van der Waals surface area (Å²) >= 11 is 0. The second-order valence-electron chi connectivity index (χ2n) is 6.42. The molecule has 0 saturated heterocycles. The van der Waals surface area contributed by atoms with E-state index in [2.05, 4.69) is 35.4 Å². The molecule has 0 aliphatic heterocycles. The summed E-state index contributed by atoms with van der Waals surface area (Å²) in [5.74, 6) is -0.498. The number of rotatable bonds is 4. The molecule has 9 heteroatoms. The van der Waals surface area contributed by atoms with E-state index in [-0.39, 0.29) is 5.69 Å². The van der Waals surface area contributed by atoms with Crippen LogP contribution in [0.3, 0.4) is 0 Å². The maximum atomic E-state index is 12.4. The van der Waals surface area contributed by atoms with Gasteiger partial charge in [-0.2, -0.15) is 5.10 Å². The molecule has 0 aliphatic rings. The molecule has 5 rings (SSSR count). The highest BCUT2D eigenvalue weighted by Gasteiger charge is 2.25. The van der Waals surface area contributed by atoms with Gasteiger partial charge in [0.15, 0.2) is 5.65 Å². The minimum Gasteiger partial charge on any atom is -0.281 e. The van der Waals surface area contributed by atoms with E-state index in [1.165, 1.54) is 6.20 Å². The molecule has 0 radical (unpaired) electrons. The van der Waals surface area contributed by atoms with Crippen molar-refractivity contribution >= 4 is 39.1 Å². The number of pyridine rings is 1. The number of ketones is 1. The molecule has 142 valence electrons. The lowest BCUT2D eigenvalue weighted by atomic mass is 10.2. The zero-order valence-corrected chi connectivity index (χ0v) is 15.4. The van der Waals surface area contributed by atoms with E-state index in [0.717, 1.165) is 10.9 Å². The van der Waals surface area contributed by atoms with Crippen LogP contribution in [0.5, 0.6) is 0 Å². The molecule has 9 nitrogen and oxygen atoms in total. The molecule has 0 aliphatic carbocycles. The Morgan fingerprint density at radius 1 is 1.03 bits per heavy atom. The van der Waals surface area contributed by atoms with Gasteiger partial charge in [0.2, 0.25) is 0 Å². The Morgan fingerprint density at radius 3 is 2.73 bits per heavy atom. The van der Waals surface area contributed by atoms with Gasteiger partial charge < -0.3 is 0 Å². The molecule has 5 aromatic rings. The number of aromatic nitrogens is 5. The van der Waals surface area contributed by atoms with Gasteiger partial charge in [-0.1, -0.05) is 23.3 Å². The van der Waals surface area contributed by atoms with Crippen LogP contribution in [-0.4, -0.2) is 36.7 Å². The van der Waals surface area contributed by atoms with E-state index < -0.39 is 11.9 Å². The molecule has 0 saturated carbocycles. The number of Topliss-reactive ketones (excluding diaryl/α,β-unsaturated/α-hetero) is 1. The van der Waals surface area contributed by atoms with Crippen molar-refractivity contribution in [1.29, 1.82) is 0 Å². The van der Waals surface area contributed by atoms with E-state index in [1.54, 1.807) is 40.9 Å². The van der Waals surface area contributed by atoms with Gasteiger partial charge in [0.25, 0.3) is 5.78 Å². The van der Waals surface area contributed by atoms with Crippen LogP contribution >= 0.6 is 0 Å². The SMILES string of the molecule is [C-]#[N+]C(/N=N/c1ccc2nnc3c4ccccc4nn3c2c1)C(=O)c1ccccn1. The lowest BCUT2D eigenvalue weighted by Crippen LogP contribution is -2.15. The summed E-state index contributed by atoms with van der Waals surface area (Å²) in [6, 6.07) is 17.8. The quantitative estimate of drug-likeness (QED) is 0.261. The third-order valence-corrected chi connectivity index (χ3v) is 4.55. The first-order valence-corrected chi connectivity index (χ1v) is 9.01. The van der Waals surface area contributed by atoms with Crippen molar-refractivity contribution in [2.45, 2.75) is 6.17 Å². The van der Waals surface area contributed by atoms with Crippen molar-refractivity contribution in [3.05, 3.63) is 84.0 Å². The number of azo groups is 1. The molecule has 1 atom stereocenters. The average molecular weight is 392 g/mol. The summed E-state index contributed by atoms with van der Waals surface area (Å²) in [6.07, 6.45) is 0.202.